The average Bonchev–Trinajstić information content (AvgIpc) is 3.08. The highest BCUT2D eigenvalue weighted by Crippen LogP contribution is 2.17. The van der Waals surface area contributed by atoms with Gasteiger partial charge in [0.25, 0.3) is 0 Å². The van der Waals surface area contributed by atoms with Gasteiger partial charge in [-0.15, -0.1) is 0 Å². The Bertz CT molecular complexity index is 577. The van der Waals surface area contributed by atoms with E-state index < -0.39 is 0 Å². The van der Waals surface area contributed by atoms with Crippen LogP contribution in [0.1, 0.15) is 18.4 Å². The molecular formula is C16H20N4O2. The molecule has 0 radical (unpaired) electrons. The summed E-state index contributed by atoms with van der Waals surface area (Å²) in [7, 11) is 0. The van der Waals surface area contributed by atoms with Gasteiger partial charge in [0.1, 0.15) is 5.82 Å². The highest BCUT2D eigenvalue weighted by Gasteiger charge is 2.21. The maximum atomic E-state index is 11.9. The number of urea groups is 1. The molecule has 3 rings (SSSR count). The van der Waals surface area contributed by atoms with Gasteiger partial charge in [0.2, 0.25) is 0 Å². The van der Waals surface area contributed by atoms with Gasteiger partial charge < -0.3 is 20.0 Å². The van der Waals surface area contributed by atoms with Crippen LogP contribution in [-0.2, 0) is 6.54 Å². The zero-order valence-corrected chi connectivity index (χ0v) is 12.4. The van der Waals surface area contributed by atoms with Crippen LogP contribution in [0.5, 0.6) is 0 Å². The fourth-order valence-corrected chi connectivity index (χ4v) is 2.61. The molecule has 0 bridgehead atoms. The first-order valence-electron chi connectivity index (χ1n) is 7.53. The molecule has 0 atom stereocenters. The third-order valence-corrected chi connectivity index (χ3v) is 3.84. The summed E-state index contributed by atoms with van der Waals surface area (Å²) in [5.74, 6) is 1.00. The first kappa shape index (κ1) is 14.4. The number of rotatable bonds is 4. The zero-order valence-electron chi connectivity index (χ0n) is 12.4. The van der Waals surface area contributed by atoms with Crippen LogP contribution in [-0.4, -0.2) is 30.1 Å². The lowest BCUT2D eigenvalue weighted by Gasteiger charge is -2.33. The topological polar surface area (TPSA) is 70.4 Å². The van der Waals surface area contributed by atoms with Crippen molar-refractivity contribution in [2.24, 2.45) is 0 Å². The van der Waals surface area contributed by atoms with Crippen molar-refractivity contribution in [2.75, 3.05) is 18.0 Å². The summed E-state index contributed by atoms with van der Waals surface area (Å²) in [6.07, 6.45) is 6.89. The number of carbonyl (C=O) groups is 1. The number of hydrogen-bond acceptors (Lipinski definition) is 4. The lowest BCUT2D eigenvalue weighted by atomic mass is 10.1. The van der Waals surface area contributed by atoms with Crippen molar-refractivity contribution in [2.45, 2.75) is 25.4 Å². The van der Waals surface area contributed by atoms with E-state index in [-0.39, 0.29) is 12.1 Å². The van der Waals surface area contributed by atoms with Crippen molar-refractivity contribution in [1.29, 1.82) is 0 Å². The summed E-state index contributed by atoms with van der Waals surface area (Å²) in [6.45, 7) is 2.29. The quantitative estimate of drug-likeness (QED) is 0.907. The van der Waals surface area contributed by atoms with Gasteiger partial charge in [-0.25, -0.2) is 9.78 Å². The standard InChI is InChI=1S/C16H20N4O2/c21-16(18-11-13-6-10-22-12-13)19-14-4-8-20(9-5-14)15-3-1-2-7-17-15/h1-3,6-7,10,12,14H,4-5,8-9,11H2,(H2,18,19,21). The van der Waals surface area contributed by atoms with Crippen LogP contribution in [0.4, 0.5) is 10.6 Å². The van der Waals surface area contributed by atoms with Crippen molar-refractivity contribution in [3.05, 3.63) is 48.6 Å². The second kappa shape index (κ2) is 6.98. The van der Waals surface area contributed by atoms with Gasteiger partial charge >= 0.3 is 6.03 Å². The monoisotopic (exact) mass is 300 g/mol. The number of carbonyl (C=O) groups excluding carboxylic acids is 1. The predicted molar refractivity (Wildman–Crippen MR) is 83.6 cm³/mol. The Hall–Kier alpha value is -2.50. The van der Waals surface area contributed by atoms with Gasteiger partial charge in [-0.3, -0.25) is 0 Å². The van der Waals surface area contributed by atoms with Crippen LogP contribution in [0.2, 0.25) is 0 Å². The second-order valence-electron chi connectivity index (χ2n) is 5.41. The minimum atomic E-state index is -0.127. The summed E-state index contributed by atoms with van der Waals surface area (Å²) in [5.41, 5.74) is 0.958. The minimum Gasteiger partial charge on any atom is -0.472 e. The predicted octanol–water partition coefficient (Wildman–Crippen LogP) is 2.14. The molecule has 1 aliphatic heterocycles. The Kier molecular flexibility index (Phi) is 4.58. The lowest BCUT2D eigenvalue weighted by Crippen LogP contribution is -2.47. The number of nitrogens with one attached hydrogen (secondary N) is 2. The maximum absolute atomic E-state index is 11.9. The minimum absolute atomic E-state index is 0.127. The fraction of sp³-hybridized carbons (Fsp3) is 0.375. The van der Waals surface area contributed by atoms with Gasteiger partial charge in [0.15, 0.2) is 0 Å². The van der Waals surface area contributed by atoms with Crippen LogP contribution in [0.3, 0.4) is 0 Å². The highest BCUT2D eigenvalue weighted by atomic mass is 16.3. The molecule has 116 valence electrons. The molecule has 2 aromatic heterocycles. The normalized spacial score (nSPS) is 15.5. The molecule has 6 heteroatoms. The van der Waals surface area contributed by atoms with E-state index >= 15 is 0 Å². The molecule has 1 saturated heterocycles. The van der Waals surface area contributed by atoms with Gasteiger partial charge in [0, 0.05) is 37.4 Å². The smallest absolute Gasteiger partial charge is 0.315 e. The number of anilines is 1. The Morgan fingerprint density at radius 1 is 1.32 bits per heavy atom. The molecule has 1 fully saturated rings. The van der Waals surface area contributed by atoms with E-state index in [1.54, 1.807) is 12.5 Å². The number of pyridine rings is 1. The third-order valence-electron chi connectivity index (χ3n) is 3.84. The first-order valence-corrected chi connectivity index (χ1v) is 7.53. The third kappa shape index (κ3) is 3.78. The number of aromatic nitrogens is 1. The molecule has 22 heavy (non-hydrogen) atoms. The van der Waals surface area contributed by atoms with Crippen LogP contribution in [0.25, 0.3) is 0 Å². The largest absolute Gasteiger partial charge is 0.472 e. The van der Waals surface area contributed by atoms with E-state index in [0.29, 0.717) is 6.54 Å². The molecule has 0 unspecified atom stereocenters. The van der Waals surface area contributed by atoms with E-state index in [1.807, 2.05) is 30.5 Å². The molecule has 2 N–H and O–H groups in total. The number of hydrogen-bond donors (Lipinski definition) is 2. The number of nitrogens with zero attached hydrogens (tertiary/aromatic N) is 2. The van der Waals surface area contributed by atoms with Crippen molar-refractivity contribution >= 4 is 11.8 Å². The van der Waals surface area contributed by atoms with Crippen LogP contribution in [0, 0.1) is 0 Å². The molecule has 6 nitrogen and oxygen atoms in total. The van der Waals surface area contributed by atoms with Gasteiger partial charge in [0.05, 0.1) is 12.5 Å². The Morgan fingerprint density at radius 2 is 2.18 bits per heavy atom. The maximum Gasteiger partial charge on any atom is 0.315 e. The van der Waals surface area contributed by atoms with E-state index in [0.717, 1.165) is 37.3 Å². The average molecular weight is 300 g/mol. The Balaban J connectivity index is 1.41. The molecule has 3 heterocycles. The molecule has 2 amide bonds. The van der Waals surface area contributed by atoms with Crippen molar-refractivity contribution < 1.29 is 9.21 Å². The van der Waals surface area contributed by atoms with Gasteiger partial charge in [-0.1, -0.05) is 6.07 Å². The van der Waals surface area contributed by atoms with E-state index in [1.165, 1.54) is 0 Å². The van der Waals surface area contributed by atoms with Crippen molar-refractivity contribution in [1.82, 2.24) is 15.6 Å². The van der Waals surface area contributed by atoms with Gasteiger partial charge in [-0.05, 0) is 31.0 Å². The lowest BCUT2D eigenvalue weighted by molar-refractivity contribution is 0.234. The molecular weight excluding hydrogens is 280 g/mol. The fourth-order valence-electron chi connectivity index (χ4n) is 2.61. The van der Waals surface area contributed by atoms with E-state index in [4.69, 9.17) is 4.42 Å². The molecule has 2 aromatic rings. The van der Waals surface area contributed by atoms with Gasteiger partial charge in [-0.2, -0.15) is 0 Å². The van der Waals surface area contributed by atoms with E-state index in [2.05, 4.69) is 20.5 Å². The van der Waals surface area contributed by atoms with Crippen molar-refractivity contribution in [3.8, 4) is 0 Å². The zero-order chi connectivity index (χ0) is 15.2. The first-order chi connectivity index (χ1) is 10.8. The molecule has 0 spiro atoms. The van der Waals surface area contributed by atoms with Crippen LogP contribution < -0.4 is 15.5 Å². The van der Waals surface area contributed by atoms with Crippen LogP contribution in [0.15, 0.2) is 47.4 Å². The molecule has 0 aromatic carbocycles. The molecule has 0 saturated carbocycles. The number of furan rings is 1. The summed E-state index contributed by atoms with van der Waals surface area (Å²) in [6, 6.07) is 7.86. The summed E-state index contributed by atoms with van der Waals surface area (Å²) < 4.78 is 4.97. The van der Waals surface area contributed by atoms with E-state index in [9.17, 15) is 4.79 Å². The summed E-state index contributed by atoms with van der Waals surface area (Å²) in [5, 5.41) is 5.86. The summed E-state index contributed by atoms with van der Waals surface area (Å²) in [4.78, 5) is 18.5. The summed E-state index contributed by atoms with van der Waals surface area (Å²) >= 11 is 0. The SMILES string of the molecule is O=C(NCc1ccoc1)NC1CCN(c2ccccn2)CC1. The highest BCUT2D eigenvalue weighted by molar-refractivity contribution is 5.74. The van der Waals surface area contributed by atoms with Crippen LogP contribution >= 0.6 is 0 Å². The molecule has 1 aliphatic rings. The Morgan fingerprint density at radius 3 is 2.86 bits per heavy atom. The second-order valence-corrected chi connectivity index (χ2v) is 5.41. The number of piperidine rings is 1. The molecule has 0 aliphatic carbocycles. The van der Waals surface area contributed by atoms with Crippen molar-refractivity contribution in [3.63, 3.8) is 0 Å². The Labute approximate surface area is 129 Å². The number of amides is 2.